The maximum atomic E-state index is 12.9. The molecule has 0 fully saturated rings. The monoisotopic (exact) mass is 874 g/mol. The van der Waals surface area contributed by atoms with Gasteiger partial charge in [0, 0.05) is 67.0 Å². The average molecular weight is 875 g/mol. The van der Waals surface area contributed by atoms with Crippen molar-refractivity contribution in [3.63, 3.8) is 0 Å². The first-order valence-corrected chi connectivity index (χ1v) is 24.7. The van der Waals surface area contributed by atoms with Crippen molar-refractivity contribution < 1.29 is 17.4 Å². The van der Waals surface area contributed by atoms with E-state index in [1.54, 1.807) is 41.7 Å². The topological polar surface area (TPSA) is 76.6 Å². The number of para-hydroxylation sites is 2. The van der Waals surface area contributed by atoms with E-state index in [1.807, 2.05) is 24.3 Å². The van der Waals surface area contributed by atoms with Gasteiger partial charge in [0.25, 0.3) is 0 Å². The lowest BCUT2D eigenvalue weighted by Gasteiger charge is -2.28. The molecule has 0 atom stereocenters. The van der Waals surface area contributed by atoms with Crippen LogP contribution in [0.1, 0.15) is 50.7 Å². The van der Waals surface area contributed by atoms with Crippen LogP contribution >= 0.6 is 23.5 Å². The quantitative estimate of drug-likeness (QED) is 0.0296. The molecule has 0 unspecified atom stereocenters. The van der Waals surface area contributed by atoms with Crippen LogP contribution in [0.3, 0.4) is 0 Å². The summed E-state index contributed by atoms with van der Waals surface area (Å²) in [5.41, 5.74) is 8.00. The Hall–Kier alpha value is -5.58. The summed E-state index contributed by atoms with van der Waals surface area (Å²) in [6, 6.07) is 56.8. The molecule has 6 aromatic rings. The van der Waals surface area contributed by atoms with Gasteiger partial charge >= 0.3 is 0 Å². The molecule has 0 saturated heterocycles. The summed E-state index contributed by atoms with van der Waals surface area (Å²) in [5, 5.41) is 1.65. The van der Waals surface area contributed by atoms with Gasteiger partial charge in [0.1, 0.15) is 21.5 Å². The molecule has 0 N–H and O–H groups in total. The third kappa shape index (κ3) is 9.87. The van der Waals surface area contributed by atoms with Gasteiger partial charge in [0.05, 0.1) is 16.8 Å². The molecule has 1 aliphatic heterocycles. The van der Waals surface area contributed by atoms with Crippen molar-refractivity contribution >= 4 is 61.7 Å². The lowest BCUT2D eigenvalue weighted by atomic mass is 9.93. The Morgan fingerprint density at radius 3 is 1.98 bits per heavy atom. The Balaban J connectivity index is 1.38. The van der Waals surface area contributed by atoms with Crippen LogP contribution in [0, 0.1) is 0 Å². The normalized spacial score (nSPS) is 12.2. The molecule has 6 nitrogen and oxygen atoms in total. The molecular formula is C53H50N2O4S3. The first-order chi connectivity index (χ1) is 30.3. The lowest BCUT2D eigenvalue weighted by molar-refractivity contribution is 0.463. The molecule has 0 amide bonds. The molecule has 314 valence electrons. The number of benzene rings is 7. The van der Waals surface area contributed by atoms with Crippen LogP contribution in [0.4, 0.5) is 17.1 Å². The Morgan fingerprint density at radius 2 is 1.26 bits per heavy atom. The van der Waals surface area contributed by atoms with Crippen LogP contribution in [0.15, 0.2) is 189 Å². The highest BCUT2D eigenvalue weighted by atomic mass is 32.2. The minimum absolute atomic E-state index is 0.265. The van der Waals surface area contributed by atoms with Gasteiger partial charge in [0.15, 0.2) is 5.88 Å². The van der Waals surface area contributed by atoms with E-state index >= 15 is 0 Å². The summed E-state index contributed by atoms with van der Waals surface area (Å²) in [4.78, 5) is 4.40. The molecular weight excluding hydrogens is 825 g/mol. The number of hydrogen-bond acceptors (Lipinski definition) is 7. The van der Waals surface area contributed by atoms with Crippen molar-refractivity contribution in [1.29, 1.82) is 0 Å². The van der Waals surface area contributed by atoms with E-state index in [1.165, 1.54) is 17.2 Å². The molecule has 62 heavy (non-hydrogen) atoms. The van der Waals surface area contributed by atoms with Crippen LogP contribution in [-0.4, -0.2) is 24.7 Å². The van der Waals surface area contributed by atoms with Crippen molar-refractivity contribution in [2.75, 3.05) is 16.7 Å². The van der Waals surface area contributed by atoms with Gasteiger partial charge in [-0.1, -0.05) is 129 Å². The van der Waals surface area contributed by atoms with Crippen molar-refractivity contribution in [3.05, 3.63) is 186 Å². The standard InChI is InChI=1S/C53H50N2O4S3/c1-3-5-19-39-21-13-16-28-48(39)54(37-60-43-23-9-7-10-24-43)41-31-33-45-50(35-41)59-51-36-42(32-34-46(51)53(45)47-27-15-18-30-52(47)62(56,57)58)55(38-61-44-25-11-8-12-26-44)49-29-17-14-22-40(49)20-6-4-2/h7-18,21-36H,3-6,19-20,37-38H2,1-2H3. The highest BCUT2D eigenvalue weighted by Gasteiger charge is 2.25. The summed E-state index contributed by atoms with van der Waals surface area (Å²) < 4.78 is 48.0. The van der Waals surface area contributed by atoms with E-state index in [0.29, 0.717) is 45.2 Å². The maximum Gasteiger partial charge on any atom is 0.210 e. The predicted octanol–water partition coefficient (Wildman–Crippen LogP) is 13.5. The van der Waals surface area contributed by atoms with Crippen molar-refractivity contribution in [2.24, 2.45) is 0 Å². The highest BCUT2D eigenvalue weighted by Crippen LogP contribution is 2.44. The molecule has 2 aliphatic rings. The van der Waals surface area contributed by atoms with E-state index in [-0.39, 0.29) is 4.90 Å². The second-order valence-corrected chi connectivity index (χ2v) is 18.7. The van der Waals surface area contributed by atoms with E-state index in [4.69, 9.17) is 4.42 Å². The molecule has 9 heteroatoms. The van der Waals surface area contributed by atoms with Gasteiger partial charge < -0.3 is 13.9 Å². The van der Waals surface area contributed by atoms with Gasteiger partial charge in [-0.25, -0.2) is 8.42 Å². The first-order valence-electron chi connectivity index (χ1n) is 21.3. The number of hydrogen-bond donors (Lipinski definition) is 0. The average Bonchev–Trinajstić information content (AvgIpc) is 3.30. The third-order valence-corrected chi connectivity index (χ3v) is 14.0. The highest BCUT2D eigenvalue weighted by molar-refractivity contribution is 7.99. The van der Waals surface area contributed by atoms with Gasteiger partial charge in [-0.05, 0) is 85.8 Å². The molecule has 8 rings (SSSR count). The van der Waals surface area contributed by atoms with Crippen LogP contribution < -0.4 is 14.8 Å². The molecule has 6 aromatic carbocycles. The Labute approximate surface area is 374 Å². The van der Waals surface area contributed by atoms with Gasteiger partial charge in [-0.2, -0.15) is 4.58 Å². The number of unbranched alkanes of at least 4 members (excludes halogenated alkanes) is 2. The number of fused-ring (bicyclic) bond motifs is 2. The zero-order chi connectivity index (χ0) is 42.9. The largest absolute Gasteiger partial charge is 0.744 e. The zero-order valence-electron chi connectivity index (χ0n) is 35.1. The van der Waals surface area contributed by atoms with E-state index in [0.717, 1.165) is 70.7 Å². The van der Waals surface area contributed by atoms with Crippen molar-refractivity contribution in [2.45, 2.75) is 67.1 Å². The fourth-order valence-corrected chi connectivity index (χ4v) is 10.5. The number of thioether (sulfide) groups is 2. The van der Waals surface area contributed by atoms with Crippen LogP contribution in [0.5, 0.6) is 0 Å². The second-order valence-electron chi connectivity index (χ2n) is 15.3. The summed E-state index contributed by atoms with van der Waals surface area (Å²) in [7, 11) is -4.83. The van der Waals surface area contributed by atoms with Gasteiger partial charge in [-0.3, -0.25) is 0 Å². The van der Waals surface area contributed by atoms with Crippen LogP contribution in [-0.2, 0) is 23.0 Å². The molecule has 1 aliphatic carbocycles. The number of rotatable bonds is 17. The minimum Gasteiger partial charge on any atom is -0.744 e. The van der Waals surface area contributed by atoms with Crippen molar-refractivity contribution in [3.8, 4) is 22.5 Å². The molecule has 1 heterocycles. The van der Waals surface area contributed by atoms with Crippen LogP contribution in [0.2, 0.25) is 0 Å². The van der Waals surface area contributed by atoms with Crippen molar-refractivity contribution in [1.82, 2.24) is 4.58 Å². The lowest BCUT2D eigenvalue weighted by Crippen LogP contribution is -2.26. The predicted molar refractivity (Wildman–Crippen MR) is 258 cm³/mol. The zero-order valence-corrected chi connectivity index (χ0v) is 37.5. The maximum absolute atomic E-state index is 12.9. The third-order valence-electron chi connectivity index (χ3n) is 11.1. The Kier molecular flexibility index (Phi) is 14.0. The van der Waals surface area contributed by atoms with Crippen LogP contribution in [0.25, 0.3) is 33.4 Å². The van der Waals surface area contributed by atoms with E-state index in [9.17, 15) is 13.0 Å². The summed E-state index contributed by atoms with van der Waals surface area (Å²) in [6.45, 7) is 4.43. The van der Waals surface area contributed by atoms with E-state index < -0.39 is 10.1 Å². The molecule has 0 spiro atoms. The van der Waals surface area contributed by atoms with Gasteiger partial charge in [0.2, 0.25) is 11.0 Å². The smallest absolute Gasteiger partial charge is 0.210 e. The summed E-state index contributed by atoms with van der Waals surface area (Å²) in [6.07, 6.45) is 6.24. The second kappa shape index (κ2) is 20.1. The molecule has 0 aromatic heterocycles. The minimum atomic E-state index is -4.83. The number of nitrogens with zero attached hydrogens (tertiary/aromatic N) is 2. The molecule has 0 radical (unpaired) electrons. The Morgan fingerprint density at radius 1 is 0.629 bits per heavy atom. The fraction of sp³-hybridized carbons (Fsp3) is 0.189. The number of aryl methyl sites for hydroxylation is 2. The molecule has 0 saturated carbocycles. The van der Waals surface area contributed by atoms with E-state index in [2.05, 4.69) is 145 Å². The molecule has 0 bridgehead atoms. The first kappa shape index (κ1) is 43.1. The SMILES string of the molecule is CCCCc1ccccc1N(CSc1ccccc1)c1ccc2c(-c3ccccc3S(=O)(=O)[O-])c3cc/c(=[N+](/CSc4ccccc4)c4ccccc4CCCC)cc-3oc2c1. The summed E-state index contributed by atoms with van der Waals surface area (Å²) >= 11 is 3.52. The Bertz CT molecular complexity index is 2930. The fourth-order valence-electron chi connectivity index (χ4n) is 7.97. The van der Waals surface area contributed by atoms with Gasteiger partial charge in [-0.15, -0.1) is 11.8 Å². The number of anilines is 2. The summed E-state index contributed by atoms with van der Waals surface area (Å²) in [5.74, 6) is 1.87.